The molecule has 3 aromatic rings. The smallest absolute Gasteiger partial charge is 0.225 e. The number of nitrogens with one attached hydrogen (secondary N) is 1. The fourth-order valence-electron chi connectivity index (χ4n) is 3.17. The highest BCUT2D eigenvalue weighted by atomic mass is 16.5. The van der Waals surface area contributed by atoms with Gasteiger partial charge in [-0.15, -0.1) is 0 Å². The molecule has 144 valence electrons. The zero-order valence-corrected chi connectivity index (χ0v) is 16.3. The summed E-state index contributed by atoms with van der Waals surface area (Å²) in [6.45, 7) is 2.86. The van der Waals surface area contributed by atoms with Gasteiger partial charge in [0.1, 0.15) is 5.75 Å². The molecule has 0 fully saturated rings. The molecule has 3 heteroatoms. The van der Waals surface area contributed by atoms with Crippen LogP contribution in [0.3, 0.4) is 0 Å². The molecule has 0 aliphatic carbocycles. The van der Waals surface area contributed by atoms with Gasteiger partial charge < -0.3 is 10.1 Å². The van der Waals surface area contributed by atoms with Gasteiger partial charge in [0.2, 0.25) is 5.91 Å². The van der Waals surface area contributed by atoms with Gasteiger partial charge in [0.05, 0.1) is 6.61 Å². The van der Waals surface area contributed by atoms with Crippen LogP contribution in [0.5, 0.6) is 5.75 Å². The second-order valence-corrected chi connectivity index (χ2v) is 6.85. The van der Waals surface area contributed by atoms with Gasteiger partial charge in [0.15, 0.2) is 0 Å². The van der Waals surface area contributed by atoms with Crippen LogP contribution in [0.25, 0.3) is 0 Å². The summed E-state index contributed by atoms with van der Waals surface area (Å²) in [5, 5.41) is 3.01. The lowest BCUT2D eigenvalue weighted by Gasteiger charge is -2.18. The number of hydrogen-bond donors (Lipinski definition) is 1. The lowest BCUT2D eigenvalue weighted by atomic mass is 9.88. The van der Waals surface area contributed by atoms with Crippen molar-refractivity contribution in [3.8, 4) is 5.75 Å². The van der Waals surface area contributed by atoms with E-state index in [-0.39, 0.29) is 11.8 Å². The quantitative estimate of drug-likeness (QED) is 0.465. The van der Waals surface area contributed by atoms with Crippen molar-refractivity contribution >= 4 is 11.6 Å². The van der Waals surface area contributed by atoms with E-state index in [0.717, 1.165) is 42.0 Å². The summed E-state index contributed by atoms with van der Waals surface area (Å²) >= 11 is 0. The fourth-order valence-corrected chi connectivity index (χ4v) is 3.17. The van der Waals surface area contributed by atoms with Gasteiger partial charge in [0, 0.05) is 18.0 Å². The number of carbonyl (C=O) groups excluding carboxylic acids is 1. The van der Waals surface area contributed by atoms with E-state index < -0.39 is 0 Å². The SMILES string of the molecule is CCCCOc1ccc(NC(=O)CC(c2ccccc2)c2ccccc2)cc1. The zero-order valence-electron chi connectivity index (χ0n) is 16.3. The summed E-state index contributed by atoms with van der Waals surface area (Å²) in [5.74, 6) is 0.856. The zero-order chi connectivity index (χ0) is 19.6. The maximum absolute atomic E-state index is 12.7. The lowest BCUT2D eigenvalue weighted by Crippen LogP contribution is -2.16. The maximum Gasteiger partial charge on any atom is 0.225 e. The Morgan fingerprint density at radius 1 is 0.857 bits per heavy atom. The highest BCUT2D eigenvalue weighted by Crippen LogP contribution is 2.28. The van der Waals surface area contributed by atoms with Crippen LogP contribution in [0.1, 0.15) is 43.2 Å². The summed E-state index contributed by atoms with van der Waals surface area (Å²) in [5.41, 5.74) is 3.07. The topological polar surface area (TPSA) is 38.3 Å². The minimum Gasteiger partial charge on any atom is -0.494 e. The molecule has 0 aromatic heterocycles. The molecule has 0 heterocycles. The van der Waals surface area contributed by atoms with Crippen molar-refractivity contribution in [1.29, 1.82) is 0 Å². The minimum absolute atomic E-state index is 0.00245. The minimum atomic E-state index is -0.00245. The maximum atomic E-state index is 12.7. The van der Waals surface area contributed by atoms with Gasteiger partial charge in [-0.25, -0.2) is 0 Å². The molecule has 0 aliphatic rings. The second-order valence-electron chi connectivity index (χ2n) is 6.85. The van der Waals surface area contributed by atoms with E-state index in [0.29, 0.717) is 6.42 Å². The molecule has 0 saturated heterocycles. The Morgan fingerprint density at radius 3 is 1.96 bits per heavy atom. The number of ether oxygens (including phenoxy) is 1. The van der Waals surface area contributed by atoms with Crippen LogP contribution in [0.4, 0.5) is 5.69 Å². The molecule has 0 unspecified atom stereocenters. The van der Waals surface area contributed by atoms with Crippen molar-refractivity contribution in [2.24, 2.45) is 0 Å². The number of carbonyl (C=O) groups is 1. The molecular formula is C25H27NO2. The Morgan fingerprint density at radius 2 is 1.43 bits per heavy atom. The summed E-state index contributed by atoms with van der Waals surface area (Å²) in [6, 6.07) is 27.9. The third-order valence-corrected chi connectivity index (χ3v) is 4.70. The average molecular weight is 373 g/mol. The monoisotopic (exact) mass is 373 g/mol. The number of amides is 1. The predicted octanol–water partition coefficient (Wildman–Crippen LogP) is 6.03. The molecule has 0 saturated carbocycles. The molecule has 3 rings (SSSR count). The van der Waals surface area contributed by atoms with E-state index in [2.05, 4.69) is 36.5 Å². The van der Waals surface area contributed by atoms with Crippen LogP contribution in [-0.2, 0) is 4.79 Å². The van der Waals surface area contributed by atoms with Crippen LogP contribution in [0.15, 0.2) is 84.9 Å². The van der Waals surface area contributed by atoms with E-state index in [1.54, 1.807) is 0 Å². The molecule has 0 aliphatic heterocycles. The van der Waals surface area contributed by atoms with E-state index in [9.17, 15) is 4.79 Å². The highest BCUT2D eigenvalue weighted by Gasteiger charge is 2.18. The van der Waals surface area contributed by atoms with Crippen LogP contribution in [0, 0.1) is 0 Å². The van der Waals surface area contributed by atoms with Gasteiger partial charge in [-0.3, -0.25) is 4.79 Å². The molecule has 0 bridgehead atoms. The molecule has 3 aromatic carbocycles. The van der Waals surface area contributed by atoms with Gasteiger partial charge in [-0.1, -0.05) is 74.0 Å². The molecule has 0 radical (unpaired) electrons. The van der Waals surface area contributed by atoms with E-state index in [1.165, 1.54) is 0 Å². The number of hydrogen-bond acceptors (Lipinski definition) is 2. The van der Waals surface area contributed by atoms with E-state index >= 15 is 0 Å². The van der Waals surface area contributed by atoms with Gasteiger partial charge >= 0.3 is 0 Å². The van der Waals surface area contributed by atoms with E-state index in [4.69, 9.17) is 4.74 Å². The summed E-state index contributed by atoms with van der Waals surface area (Å²) in [4.78, 5) is 12.7. The van der Waals surface area contributed by atoms with Crippen LogP contribution in [0.2, 0.25) is 0 Å². The van der Waals surface area contributed by atoms with Crippen molar-refractivity contribution in [1.82, 2.24) is 0 Å². The number of unbranched alkanes of at least 4 members (excludes halogenated alkanes) is 1. The summed E-state index contributed by atoms with van der Waals surface area (Å²) in [6.07, 6.45) is 2.54. The van der Waals surface area contributed by atoms with Crippen molar-refractivity contribution in [3.63, 3.8) is 0 Å². The predicted molar refractivity (Wildman–Crippen MR) is 115 cm³/mol. The first kappa shape index (κ1) is 19.7. The number of rotatable bonds is 9. The Labute approximate surface area is 167 Å². The van der Waals surface area contributed by atoms with Gasteiger partial charge in [0.25, 0.3) is 0 Å². The molecule has 28 heavy (non-hydrogen) atoms. The summed E-state index contributed by atoms with van der Waals surface area (Å²) in [7, 11) is 0. The van der Waals surface area contributed by atoms with Crippen molar-refractivity contribution in [3.05, 3.63) is 96.1 Å². The standard InChI is InChI=1S/C25H27NO2/c1-2-3-18-28-23-16-14-22(15-17-23)26-25(27)19-24(20-10-6-4-7-11-20)21-12-8-5-9-13-21/h4-17,24H,2-3,18-19H2,1H3,(H,26,27). The second kappa shape index (κ2) is 10.3. The van der Waals surface area contributed by atoms with Crippen LogP contribution >= 0.6 is 0 Å². The van der Waals surface area contributed by atoms with Crippen LogP contribution < -0.4 is 10.1 Å². The molecule has 0 spiro atoms. The molecule has 1 amide bonds. The highest BCUT2D eigenvalue weighted by molar-refractivity contribution is 5.91. The Hall–Kier alpha value is -3.07. The Kier molecular flexibility index (Phi) is 7.25. The van der Waals surface area contributed by atoms with Crippen molar-refractivity contribution in [2.45, 2.75) is 32.1 Å². The fraction of sp³-hybridized carbons (Fsp3) is 0.240. The van der Waals surface area contributed by atoms with Crippen molar-refractivity contribution < 1.29 is 9.53 Å². The largest absolute Gasteiger partial charge is 0.494 e. The first-order valence-electron chi connectivity index (χ1n) is 9.89. The summed E-state index contributed by atoms with van der Waals surface area (Å²) < 4.78 is 5.67. The molecule has 0 atom stereocenters. The first-order chi connectivity index (χ1) is 13.8. The Bertz CT molecular complexity index is 805. The Balaban J connectivity index is 1.66. The average Bonchev–Trinajstić information content (AvgIpc) is 2.75. The van der Waals surface area contributed by atoms with Gasteiger partial charge in [-0.05, 0) is 41.8 Å². The van der Waals surface area contributed by atoms with Gasteiger partial charge in [-0.2, -0.15) is 0 Å². The molecule has 3 nitrogen and oxygen atoms in total. The van der Waals surface area contributed by atoms with Crippen molar-refractivity contribution in [2.75, 3.05) is 11.9 Å². The number of anilines is 1. The van der Waals surface area contributed by atoms with E-state index in [1.807, 2.05) is 60.7 Å². The molecular weight excluding hydrogens is 346 g/mol. The normalized spacial score (nSPS) is 10.6. The number of benzene rings is 3. The first-order valence-corrected chi connectivity index (χ1v) is 9.89. The third-order valence-electron chi connectivity index (χ3n) is 4.70. The van der Waals surface area contributed by atoms with Crippen LogP contribution in [-0.4, -0.2) is 12.5 Å². The lowest BCUT2D eigenvalue weighted by molar-refractivity contribution is -0.116. The molecule has 1 N–H and O–H groups in total. The third kappa shape index (κ3) is 5.71.